The molecule has 3 fully saturated rings. The van der Waals surface area contributed by atoms with Crippen molar-refractivity contribution >= 4 is 34.8 Å². The lowest BCUT2D eigenvalue weighted by molar-refractivity contribution is -0.144. The predicted molar refractivity (Wildman–Crippen MR) is 182 cm³/mol. The molecule has 4 amide bonds. The molecule has 256 valence electrons. The van der Waals surface area contributed by atoms with Crippen LogP contribution in [0.1, 0.15) is 55.2 Å². The largest absolute Gasteiger partial charge is 0.435 e. The number of para-hydroxylation sites is 1. The summed E-state index contributed by atoms with van der Waals surface area (Å²) in [6.45, 7) is 9.89. The van der Waals surface area contributed by atoms with Gasteiger partial charge in [0.05, 0.1) is 17.4 Å². The number of nitrogens with zero attached hydrogens (tertiary/aromatic N) is 5. The molecule has 5 heterocycles. The van der Waals surface area contributed by atoms with Crippen LogP contribution in [-0.2, 0) is 20.7 Å². The second kappa shape index (κ2) is 14.1. The normalized spacial score (nSPS) is 21.4. The molecule has 12 nitrogen and oxygen atoms in total. The third kappa shape index (κ3) is 6.73. The van der Waals surface area contributed by atoms with E-state index in [2.05, 4.69) is 32.3 Å². The average molecular weight is 658 g/mol. The number of likely N-dealkylation sites (tertiary alicyclic amines) is 1. The first-order valence-corrected chi connectivity index (χ1v) is 17.5. The number of imidazole rings is 1. The molecule has 2 atom stereocenters. The van der Waals surface area contributed by atoms with Crippen molar-refractivity contribution in [2.24, 2.45) is 0 Å². The lowest BCUT2D eigenvalue weighted by atomic mass is 9.92. The zero-order chi connectivity index (χ0) is 33.2. The van der Waals surface area contributed by atoms with E-state index < -0.39 is 12.2 Å². The number of nitrogens with one attached hydrogen (secondary N) is 2. The number of aromatic nitrogens is 2. The summed E-state index contributed by atoms with van der Waals surface area (Å²) in [6, 6.07) is 12.4. The van der Waals surface area contributed by atoms with Gasteiger partial charge in [0.1, 0.15) is 0 Å². The summed E-state index contributed by atoms with van der Waals surface area (Å²) in [5.74, 6) is -0.535. The molecule has 7 rings (SSSR count). The van der Waals surface area contributed by atoms with Crippen LogP contribution in [0, 0.1) is 6.92 Å². The van der Waals surface area contributed by atoms with E-state index in [9.17, 15) is 14.4 Å². The number of piperazine rings is 1. The monoisotopic (exact) mass is 657 g/mol. The number of hydrogen-bond donors (Lipinski definition) is 2. The van der Waals surface area contributed by atoms with Gasteiger partial charge in [0.25, 0.3) is 5.91 Å². The summed E-state index contributed by atoms with van der Waals surface area (Å²) in [6.07, 6.45) is 4.34. The van der Waals surface area contributed by atoms with Crippen LogP contribution in [0.3, 0.4) is 0 Å². The molecule has 0 saturated carbocycles. The summed E-state index contributed by atoms with van der Waals surface area (Å²) in [5, 5.41) is 3.06. The Labute approximate surface area is 281 Å². The van der Waals surface area contributed by atoms with Gasteiger partial charge in [-0.25, -0.2) is 14.6 Å². The number of ether oxygens (including phenoxy) is 2. The van der Waals surface area contributed by atoms with Crippen molar-refractivity contribution in [3.8, 4) is 0 Å². The fourth-order valence-corrected chi connectivity index (χ4v) is 7.87. The molecular formula is C36H47N7O5. The summed E-state index contributed by atoms with van der Waals surface area (Å²) in [5.41, 5.74) is 5.71. The van der Waals surface area contributed by atoms with E-state index in [1.807, 2.05) is 47.9 Å². The second-order valence-corrected chi connectivity index (χ2v) is 13.7. The predicted octanol–water partition coefficient (Wildman–Crippen LogP) is 4.36. The van der Waals surface area contributed by atoms with E-state index >= 15 is 0 Å². The first-order valence-electron chi connectivity index (χ1n) is 17.5. The van der Waals surface area contributed by atoms with Gasteiger partial charge >= 0.3 is 12.1 Å². The van der Waals surface area contributed by atoms with Crippen LogP contribution in [-0.4, -0.2) is 125 Å². The molecule has 2 aromatic carbocycles. The number of hydrogen-bond acceptors (Lipinski definition) is 7. The fraction of sp³-hybridized carbons (Fsp3) is 0.556. The van der Waals surface area contributed by atoms with Crippen molar-refractivity contribution in [3.05, 3.63) is 59.4 Å². The van der Waals surface area contributed by atoms with Gasteiger partial charge in [-0.1, -0.05) is 31.2 Å². The minimum absolute atomic E-state index is 0.0234. The molecule has 12 heteroatoms. The summed E-state index contributed by atoms with van der Waals surface area (Å²) < 4.78 is 11.8. The Bertz CT molecular complexity index is 1620. The molecule has 2 unspecified atom stereocenters. The van der Waals surface area contributed by atoms with Crippen molar-refractivity contribution in [1.29, 1.82) is 0 Å². The lowest BCUT2D eigenvalue weighted by Crippen LogP contribution is -2.56. The Morgan fingerprint density at radius 3 is 2.46 bits per heavy atom. The summed E-state index contributed by atoms with van der Waals surface area (Å²) in [4.78, 5) is 56.7. The number of urea groups is 1. The highest BCUT2D eigenvalue weighted by atomic mass is 16.6. The smallest absolute Gasteiger partial charge is 0.410 e. The van der Waals surface area contributed by atoms with Crippen molar-refractivity contribution < 1.29 is 23.9 Å². The van der Waals surface area contributed by atoms with E-state index in [0.29, 0.717) is 51.6 Å². The minimum Gasteiger partial charge on any atom is -0.435 e. The summed E-state index contributed by atoms with van der Waals surface area (Å²) >= 11 is 0. The zero-order valence-corrected chi connectivity index (χ0v) is 28.0. The van der Waals surface area contributed by atoms with Gasteiger partial charge in [-0.05, 0) is 67.9 Å². The van der Waals surface area contributed by atoms with E-state index in [1.165, 1.54) is 0 Å². The minimum atomic E-state index is -0.976. The number of piperidine rings is 1. The third-order valence-corrected chi connectivity index (χ3v) is 10.8. The van der Waals surface area contributed by atoms with Crippen molar-refractivity contribution in [1.82, 2.24) is 29.6 Å². The SMILES string of the molecule is Cc1cc(C(C)C(OC(=O)N2CCC(N3CCc4ccccc4NC3=O)CC2)C(=O)N2CCN(C3CCOCC3)CC2)cc2nc[nH]c12. The maximum absolute atomic E-state index is 14.3. The number of anilines is 1. The number of aryl methyl sites for hydroxylation is 1. The Kier molecular flexibility index (Phi) is 9.54. The van der Waals surface area contributed by atoms with Gasteiger partial charge in [-0.2, -0.15) is 0 Å². The van der Waals surface area contributed by atoms with Gasteiger partial charge in [0.15, 0.2) is 6.10 Å². The second-order valence-electron chi connectivity index (χ2n) is 13.7. The number of carbonyl (C=O) groups is 3. The number of rotatable bonds is 6. The van der Waals surface area contributed by atoms with E-state index in [0.717, 1.165) is 79.0 Å². The van der Waals surface area contributed by atoms with Crippen molar-refractivity contribution in [3.63, 3.8) is 0 Å². The topological polar surface area (TPSA) is 123 Å². The van der Waals surface area contributed by atoms with Gasteiger partial charge in [-0.15, -0.1) is 0 Å². The Morgan fingerprint density at radius 1 is 0.938 bits per heavy atom. The van der Waals surface area contributed by atoms with Crippen LogP contribution >= 0.6 is 0 Å². The van der Waals surface area contributed by atoms with E-state index in [1.54, 1.807) is 11.2 Å². The number of H-pyrrole nitrogens is 1. The van der Waals surface area contributed by atoms with Gasteiger partial charge in [0.2, 0.25) is 0 Å². The molecule has 48 heavy (non-hydrogen) atoms. The van der Waals surface area contributed by atoms with Gasteiger partial charge in [-0.3, -0.25) is 9.69 Å². The van der Waals surface area contributed by atoms with Crippen LogP contribution in [0.5, 0.6) is 0 Å². The van der Waals surface area contributed by atoms with Crippen LogP contribution in [0.25, 0.3) is 11.0 Å². The van der Waals surface area contributed by atoms with Crippen LogP contribution in [0.4, 0.5) is 15.3 Å². The van der Waals surface area contributed by atoms with E-state index in [4.69, 9.17) is 9.47 Å². The molecule has 1 aromatic heterocycles. The molecule has 0 radical (unpaired) electrons. The quantitative estimate of drug-likeness (QED) is 0.404. The first-order chi connectivity index (χ1) is 23.4. The molecule has 0 bridgehead atoms. The number of benzene rings is 2. The van der Waals surface area contributed by atoms with Crippen molar-refractivity contribution in [2.45, 2.75) is 70.1 Å². The first kappa shape index (κ1) is 32.4. The van der Waals surface area contributed by atoms with E-state index in [-0.39, 0.29) is 23.9 Å². The number of fused-ring (bicyclic) bond motifs is 2. The number of amides is 4. The van der Waals surface area contributed by atoms with Crippen LogP contribution in [0.15, 0.2) is 42.7 Å². The Hall–Kier alpha value is -4.16. The lowest BCUT2D eigenvalue weighted by Gasteiger charge is -2.42. The van der Waals surface area contributed by atoms with Crippen molar-refractivity contribution in [2.75, 3.05) is 64.3 Å². The molecule has 0 aliphatic carbocycles. The zero-order valence-electron chi connectivity index (χ0n) is 28.0. The fourth-order valence-electron chi connectivity index (χ4n) is 7.87. The highest BCUT2D eigenvalue weighted by molar-refractivity contribution is 5.91. The molecular weight excluding hydrogens is 610 g/mol. The standard InChI is InChI=1S/C36H47N7O5/c1-24-21-27(22-31-32(24)38-23-37-31)25(2)33(34(44)41-17-15-40(16-18-41)28-10-19-47-20-11-28)48-36(46)42-12-8-29(9-13-42)43-14-7-26-5-3-4-6-30(26)39-35(43)45/h3-6,21-23,25,28-29,33H,7-20H2,1-2H3,(H,37,38)(H,39,45). The Morgan fingerprint density at radius 2 is 1.69 bits per heavy atom. The highest BCUT2D eigenvalue weighted by Gasteiger charge is 2.39. The molecule has 3 aromatic rings. The summed E-state index contributed by atoms with van der Waals surface area (Å²) in [7, 11) is 0. The number of aromatic amines is 1. The maximum Gasteiger partial charge on any atom is 0.410 e. The van der Waals surface area contributed by atoms with Crippen LogP contribution in [0.2, 0.25) is 0 Å². The molecule has 0 spiro atoms. The van der Waals surface area contributed by atoms with Gasteiger partial charge in [0, 0.05) is 82.7 Å². The maximum atomic E-state index is 14.3. The van der Waals surface area contributed by atoms with Gasteiger partial charge < -0.3 is 34.5 Å². The molecule has 3 saturated heterocycles. The molecule has 4 aliphatic heterocycles. The molecule has 2 N–H and O–H groups in total. The Balaban J connectivity index is 1.02. The van der Waals surface area contributed by atoms with Crippen LogP contribution < -0.4 is 5.32 Å². The molecule has 4 aliphatic rings. The average Bonchev–Trinajstić information content (AvgIpc) is 3.54. The third-order valence-electron chi connectivity index (χ3n) is 10.8. The highest BCUT2D eigenvalue weighted by Crippen LogP contribution is 2.30. The number of carbonyl (C=O) groups excluding carboxylic acids is 3.